The Bertz CT molecular complexity index is 650. The molecule has 1 aromatic rings. The number of non-ortho nitro benzene ring substituents is 1. The summed E-state index contributed by atoms with van der Waals surface area (Å²) >= 11 is 0. The summed E-state index contributed by atoms with van der Waals surface area (Å²) in [4.78, 5) is 27.0. The van der Waals surface area contributed by atoms with Gasteiger partial charge in [-0.05, 0) is 12.1 Å². The van der Waals surface area contributed by atoms with Crippen LogP contribution in [0.4, 0.5) is 5.69 Å². The summed E-state index contributed by atoms with van der Waals surface area (Å²) in [6.07, 6.45) is 1.41. The van der Waals surface area contributed by atoms with Crippen LogP contribution in [-0.4, -0.2) is 65.8 Å². The standard InChI is InChI=1S/C18H25N3O5/c1-2-19(13-15-4-3-5-16(12-15)21(23)24)14-17(22)20-8-6-18(7-9-20)25-10-11-26-18/h3-5,12H,2,6-11,13-14H2,1H3. The summed E-state index contributed by atoms with van der Waals surface area (Å²) in [5.41, 5.74) is 0.905. The smallest absolute Gasteiger partial charge is 0.269 e. The zero-order chi connectivity index (χ0) is 18.6. The van der Waals surface area contributed by atoms with Crippen LogP contribution in [0.1, 0.15) is 25.3 Å². The molecule has 0 N–H and O–H groups in total. The molecular formula is C18H25N3O5. The summed E-state index contributed by atoms with van der Waals surface area (Å²) in [5, 5.41) is 10.9. The maximum atomic E-state index is 12.6. The van der Waals surface area contributed by atoms with Crippen molar-refractivity contribution >= 4 is 11.6 Å². The molecule has 3 rings (SSSR count). The number of nitrogens with zero attached hydrogens (tertiary/aromatic N) is 3. The monoisotopic (exact) mass is 363 g/mol. The van der Waals surface area contributed by atoms with Gasteiger partial charge < -0.3 is 14.4 Å². The van der Waals surface area contributed by atoms with Crippen LogP contribution < -0.4 is 0 Å². The van der Waals surface area contributed by atoms with Crippen molar-refractivity contribution in [1.29, 1.82) is 0 Å². The summed E-state index contributed by atoms with van der Waals surface area (Å²) in [6, 6.07) is 6.56. The van der Waals surface area contributed by atoms with Gasteiger partial charge in [-0.1, -0.05) is 19.1 Å². The van der Waals surface area contributed by atoms with Gasteiger partial charge in [0.1, 0.15) is 0 Å². The average Bonchev–Trinajstić information content (AvgIpc) is 3.09. The molecule has 26 heavy (non-hydrogen) atoms. The summed E-state index contributed by atoms with van der Waals surface area (Å²) in [6.45, 7) is 6.00. The van der Waals surface area contributed by atoms with E-state index in [0.717, 1.165) is 5.56 Å². The van der Waals surface area contributed by atoms with E-state index in [9.17, 15) is 14.9 Å². The van der Waals surface area contributed by atoms with E-state index in [-0.39, 0.29) is 11.6 Å². The van der Waals surface area contributed by atoms with Gasteiger partial charge in [0, 0.05) is 44.6 Å². The second-order valence-electron chi connectivity index (χ2n) is 6.72. The highest BCUT2D eigenvalue weighted by Crippen LogP contribution is 2.31. The molecule has 2 aliphatic rings. The number of nitro benzene ring substituents is 1. The molecule has 2 fully saturated rings. The number of likely N-dealkylation sites (N-methyl/N-ethyl adjacent to an activating group) is 1. The average molecular weight is 363 g/mol. The largest absolute Gasteiger partial charge is 0.347 e. The predicted octanol–water partition coefficient (Wildman–Crippen LogP) is 1.78. The van der Waals surface area contributed by atoms with Crippen LogP contribution >= 0.6 is 0 Å². The quantitative estimate of drug-likeness (QED) is 0.566. The molecule has 0 unspecified atom stereocenters. The van der Waals surface area contributed by atoms with Gasteiger partial charge >= 0.3 is 0 Å². The van der Waals surface area contributed by atoms with E-state index in [0.29, 0.717) is 58.8 Å². The Balaban J connectivity index is 1.54. The van der Waals surface area contributed by atoms with E-state index in [1.54, 1.807) is 12.1 Å². The number of likely N-dealkylation sites (tertiary alicyclic amines) is 1. The Morgan fingerprint density at radius 2 is 2.00 bits per heavy atom. The molecule has 0 aromatic heterocycles. The first-order chi connectivity index (χ1) is 12.5. The van der Waals surface area contributed by atoms with Gasteiger partial charge in [-0.25, -0.2) is 0 Å². The Morgan fingerprint density at radius 3 is 2.62 bits per heavy atom. The molecule has 8 heteroatoms. The Hall–Kier alpha value is -2.03. The van der Waals surface area contributed by atoms with Crippen LogP contribution in [-0.2, 0) is 20.8 Å². The first kappa shape index (κ1) is 18.8. The number of nitro groups is 1. The Morgan fingerprint density at radius 1 is 1.31 bits per heavy atom. The lowest BCUT2D eigenvalue weighted by atomic mass is 10.0. The zero-order valence-corrected chi connectivity index (χ0v) is 15.1. The van der Waals surface area contributed by atoms with Crippen molar-refractivity contribution in [2.24, 2.45) is 0 Å². The van der Waals surface area contributed by atoms with Gasteiger partial charge in [0.25, 0.3) is 5.69 Å². The minimum absolute atomic E-state index is 0.0720. The van der Waals surface area contributed by atoms with Crippen LogP contribution in [0.5, 0.6) is 0 Å². The van der Waals surface area contributed by atoms with Crippen molar-refractivity contribution < 1.29 is 19.2 Å². The fourth-order valence-electron chi connectivity index (χ4n) is 3.48. The minimum Gasteiger partial charge on any atom is -0.347 e. The minimum atomic E-state index is -0.482. The van der Waals surface area contributed by atoms with Crippen LogP contribution in [0.25, 0.3) is 0 Å². The van der Waals surface area contributed by atoms with Gasteiger partial charge in [0.15, 0.2) is 5.79 Å². The summed E-state index contributed by atoms with van der Waals surface area (Å²) in [5.74, 6) is -0.408. The maximum absolute atomic E-state index is 12.6. The molecule has 2 heterocycles. The van der Waals surface area contributed by atoms with E-state index in [2.05, 4.69) is 0 Å². The summed E-state index contributed by atoms with van der Waals surface area (Å²) in [7, 11) is 0. The number of carbonyl (C=O) groups excluding carboxylic acids is 1. The van der Waals surface area contributed by atoms with Crippen molar-refractivity contribution in [3.05, 3.63) is 39.9 Å². The highest BCUT2D eigenvalue weighted by molar-refractivity contribution is 5.78. The van der Waals surface area contributed by atoms with Crippen molar-refractivity contribution in [1.82, 2.24) is 9.80 Å². The molecule has 0 atom stereocenters. The van der Waals surface area contributed by atoms with E-state index >= 15 is 0 Å². The number of piperidine rings is 1. The molecule has 0 bridgehead atoms. The summed E-state index contributed by atoms with van der Waals surface area (Å²) < 4.78 is 11.4. The highest BCUT2D eigenvalue weighted by Gasteiger charge is 2.40. The van der Waals surface area contributed by atoms with Gasteiger partial charge in [-0.2, -0.15) is 0 Å². The van der Waals surface area contributed by atoms with Crippen LogP contribution in [0.15, 0.2) is 24.3 Å². The molecular weight excluding hydrogens is 338 g/mol. The molecule has 142 valence electrons. The lowest BCUT2D eigenvalue weighted by Gasteiger charge is -2.38. The van der Waals surface area contributed by atoms with E-state index in [1.165, 1.54) is 6.07 Å². The van der Waals surface area contributed by atoms with Gasteiger partial charge in [-0.3, -0.25) is 19.8 Å². The Kier molecular flexibility index (Phi) is 5.85. The Labute approximate surface area is 152 Å². The zero-order valence-electron chi connectivity index (χ0n) is 15.1. The van der Waals surface area contributed by atoms with Crippen molar-refractivity contribution in [3.63, 3.8) is 0 Å². The molecule has 1 aromatic carbocycles. The SMILES string of the molecule is CCN(CC(=O)N1CCC2(CC1)OCCO2)Cc1cccc([N+](=O)[O-])c1. The number of carbonyl (C=O) groups is 1. The molecule has 0 aliphatic carbocycles. The predicted molar refractivity (Wildman–Crippen MR) is 94.5 cm³/mol. The molecule has 0 saturated carbocycles. The molecule has 8 nitrogen and oxygen atoms in total. The number of hydrogen-bond acceptors (Lipinski definition) is 6. The van der Waals surface area contributed by atoms with E-state index in [4.69, 9.17) is 9.47 Å². The number of ether oxygens (including phenoxy) is 2. The highest BCUT2D eigenvalue weighted by atomic mass is 16.7. The fourth-order valence-corrected chi connectivity index (χ4v) is 3.48. The van der Waals surface area contributed by atoms with E-state index < -0.39 is 10.7 Å². The van der Waals surface area contributed by atoms with Crippen molar-refractivity contribution in [2.45, 2.75) is 32.1 Å². The number of rotatable bonds is 6. The van der Waals surface area contributed by atoms with Crippen molar-refractivity contribution in [2.75, 3.05) is 39.4 Å². The molecule has 1 amide bonds. The first-order valence-electron chi connectivity index (χ1n) is 9.03. The van der Waals surface area contributed by atoms with Crippen LogP contribution in [0, 0.1) is 10.1 Å². The third-order valence-electron chi connectivity index (χ3n) is 5.03. The van der Waals surface area contributed by atoms with Gasteiger partial charge in [0.2, 0.25) is 5.91 Å². The number of amides is 1. The van der Waals surface area contributed by atoms with Gasteiger partial charge in [0.05, 0.1) is 24.7 Å². The number of benzene rings is 1. The normalized spacial score (nSPS) is 19.2. The first-order valence-corrected chi connectivity index (χ1v) is 9.03. The number of hydrogen-bond donors (Lipinski definition) is 0. The maximum Gasteiger partial charge on any atom is 0.269 e. The molecule has 2 aliphatic heterocycles. The van der Waals surface area contributed by atoms with E-state index in [1.807, 2.05) is 22.8 Å². The van der Waals surface area contributed by atoms with Crippen LogP contribution in [0.2, 0.25) is 0 Å². The molecule has 1 spiro atoms. The lowest BCUT2D eigenvalue weighted by molar-refractivity contribution is -0.384. The molecule has 2 saturated heterocycles. The topological polar surface area (TPSA) is 85.2 Å². The fraction of sp³-hybridized carbons (Fsp3) is 0.611. The van der Waals surface area contributed by atoms with Gasteiger partial charge in [-0.15, -0.1) is 0 Å². The second kappa shape index (κ2) is 8.11. The third-order valence-corrected chi connectivity index (χ3v) is 5.03. The second-order valence-corrected chi connectivity index (χ2v) is 6.72. The van der Waals surface area contributed by atoms with Crippen LogP contribution in [0.3, 0.4) is 0 Å². The molecule has 0 radical (unpaired) electrons. The lowest BCUT2D eigenvalue weighted by Crippen LogP contribution is -2.49. The third kappa shape index (κ3) is 4.38. The van der Waals surface area contributed by atoms with Crippen molar-refractivity contribution in [3.8, 4) is 0 Å².